The van der Waals surface area contributed by atoms with Gasteiger partial charge in [-0.1, -0.05) is 12.1 Å². The highest BCUT2D eigenvalue weighted by Gasteiger charge is 2.26. The number of aromatic amines is 1. The third-order valence-corrected chi connectivity index (χ3v) is 4.93. The van der Waals surface area contributed by atoms with Crippen molar-refractivity contribution in [3.8, 4) is 0 Å². The van der Waals surface area contributed by atoms with E-state index in [1.807, 2.05) is 6.07 Å². The zero-order valence-corrected chi connectivity index (χ0v) is 14.6. The second-order valence-electron chi connectivity index (χ2n) is 6.86. The number of likely N-dealkylation sites (tertiary alicyclic amines) is 1. The van der Waals surface area contributed by atoms with Gasteiger partial charge in [0.05, 0.1) is 5.69 Å². The molecule has 6 heteroatoms. The van der Waals surface area contributed by atoms with Gasteiger partial charge in [-0.05, 0) is 37.1 Å². The number of H-pyrrole nitrogens is 1. The highest BCUT2D eigenvalue weighted by atomic mass is 16.1. The second kappa shape index (κ2) is 6.37. The molecule has 1 saturated heterocycles. The van der Waals surface area contributed by atoms with E-state index in [0.717, 1.165) is 18.7 Å². The Morgan fingerprint density at radius 1 is 1.28 bits per heavy atom. The molecule has 3 heterocycles. The van der Waals surface area contributed by atoms with Gasteiger partial charge < -0.3 is 4.90 Å². The van der Waals surface area contributed by atoms with Crippen LogP contribution in [0.15, 0.2) is 47.4 Å². The van der Waals surface area contributed by atoms with Crippen LogP contribution in [-0.2, 0) is 6.54 Å². The van der Waals surface area contributed by atoms with E-state index in [4.69, 9.17) is 0 Å². The molecule has 1 N–H and O–H groups in total. The number of fused-ring (bicyclic) bond motifs is 1. The molecule has 1 fully saturated rings. The third-order valence-electron chi connectivity index (χ3n) is 4.93. The topological polar surface area (TPSA) is 56.6 Å². The van der Waals surface area contributed by atoms with Gasteiger partial charge >= 0.3 is 0 Å². The van der Waals surface area contributed by atoms with Crippen molar-refractivity contribution in [3.05, 3.63) is 64.2 Å². The van der Waals surface area contributed by atoms with E-state index in [9.17, 15) is 4.79 Å². The van der Waals surface area contributed by atoms with Crippen molar-refractivity contribution in [1.82, 2.24) is 19.5 Å². The minimum atomic E-state index is -0.0599. The average molecular weight is 337 g/mol. The maximum atomic E-state index is 12.2. The molecule has 0 bridgehead atoms. The van der Waals surface area contributed by atoms with Gasteiger partial charge in [-0.2, -0.15) is 0 Å². The van der Waals surface area contributed by atoms with Crippen LogP contribution < -0.4 is 10.5 Å². The second-order valence-corrected chi connectivity index (χ2v) is 6.86. The standard InChI is InChI=1S/C19H23N5O/c1-22(2)16-6-3-5-14(11-16)17-7-4-10-23(17)13-15-12-19(25)24-18(21-15)8-9-20-24/h3,5-6,8-9,11-12,17,20H,4,7,10,13H2,1-2H3/t17-/m1/s1. The minimum absolute atomic E-state index is 0.0599. The summed E-state index contributed by atoms with van der Waals surface area (Å²) in [7, 11) is 4.13. The largest absolute Gasteiger partial charge is 0.378 e. The lowest BCUT2D eigenvalue weighted by Crippen LogP contribution is -2.25. The number of benzene rings is 1. The molecule has 25 heavy (non-hydrogen) atoms. The van der Waals surface area contributed by atoms with E-state index >= 15 is 0 Å². The number of nitrogens with one attached hydrogen (secondary N) is 1. The summed E-state index contributed by atoms with van der Waals surface area (Å²) in [6.07, 6.45) is 4.05. The van der Waals surface area contributed by atoms with Gasteiger partial charge in [0, 0.05) is 50.7 Å². The molecule has 0 aliphatic carbocycles. The Labute approximate surface area is 146 Å². The molecule has 0 unspecified atom stereocenters. The average Bonchev–Trinajstić information content (AvgIpc) is 3.24. The van der Waals surface area contributed by atoms with E-state index in [2.05, 4.69) is 58.2 Å². The summed E-state index contributed by atoms with van der Waals surface area (Å²) in [5.41, 5.74) is 4.00. The van der Waals surface area contributed by atoms with Crippen LogP contribution in [0.4, 0.5) is 5.69 Å². The molecule has 1 aliphatic heterocycles. The molecular formula is C19H23N5O. The van der Waals surface area contributed by atoms with Crippen LogP contribution in [0.1, 0.15) is 30.1 Å². The van der Waals surface area contributed by atoms with Gasteiger partial charge in [-0.15, -0.1) is 0 Å². The monoisotopic (exact) mass is 337 g/mol. The van der Waals surface area contributed by atoms with E-state index < -0.39 is 0 Å². The van der Waals surface area contributed by atoms with Crippen LogP contribution in [0.2, 0.25) is 0 Å². The lowest BCUT2D eigenvalue weighted by Gasteiger charge is -2.25. The number of aromatic nitrogens is 3. The summed E-state index contributed by atoms with van der Waals surface area (Å²) in [6.45, 7) is 1.73. The smallest absolute Gasteiger partial charge is 0.272 e. The molecule has 1 aliphatic rings. The van der Waals surface area contributed by atoms with Gasteiger partial charge in [0.15, 0.2) is 5.65 Å². The highest BCUT2D eigenvalue weighted by molar-refractivity contribution is 5.48. The molecule has 0 radical (unpaired) electrons. The summed E-state index contributed by atoms with van der Waals surface area (Å²) < 4.78 is 1.46. The fraction of sp³-hybridized carbons (Fsp3) is 0.368. The number of anilines is 1. The van der Waals surface area contributed by atoms with Gasteiger partial charge in [-0.25, -0.2) is 9.50 Å². The fourth-order valence-electron chi connectivity index (χ4n) is 3.67. The van der Waals surface area contributed by atoms with Crippen molar-refractivity contribution in [3.63, 3.8) is 0 Å². The Bertz CT molecular complexity index is 942. The molecule has 0 saturated carbocycles. The van der Waals surface area contributed by atoms with Crippen LogP contribution in [0.3, 0.4) is 0 Å². The Morgan fingerprint density at radius 3 is 3.00 bits per heavy atom. The Hall–Kier alpha value is -2.60. The lowest BCUT2D eigenvalue weighted by atomic mass is 10.0. The van der Waals surface area contributed by atoms with Crippen molar-refractivity contribution in [1.29, 1.82) is 0 Å². The van der Waals surface area contributed by atoms with E-state index in [0.29, 0.717) is 18.2 Å². The molecule has 6 nitrogen and oxygen atoms in total. The summed E-state index contributed by atoms with van der Waals surface area (Å²) in [5, 5.41) is 2.88. The van der Waals surface area contributed by atoms with Crippen LogP contribution in [0.5, 0.6) is 0 Å². The van der Waals surface area contributed by atoms with Gasteiger partial charge in [0.25, 0.3) is 5.56 Å². The molecule has 130 valence electrons. The van der Waals surface area contributed by atoms with Crippen molar-refractivity contribution in [2.24, 2.45) is 0 Å². The SMILES string of the molecule is CN(C)c1cccc([C@H]2CCCN2Cc2cc(=O)n3[nH]ccc3n2)c1. The molecule has 0 spiro atoms. The summed E-state index contributed by atoms with van der Waals surface area (Å²) in [5.74, 6) is 0. The summed E-state index contributed by atoms with van der Waals surface area (Å²) >= 11 is 0. The normalized spacial score (nSPS) is 18.1. The van der Waals surface area contributed by atoms with E-state index in [-0.39, 0.29) is 5.56 Å². The van der Waals surface area contributed by atoms with Crippen LogP contribution >= 0.6 is 0 Å². The lowest BCUT2D eigenvalue weighted by molar-refractivity contribution is 0.245. The van der Waals surface area contributed by atoms with Crippen LogP contribution in [0, 0.1) is 0 Å². The quantitative estimate of drug-likeness (QED) is 0.794. The predicted octanol–water partition coefficient (Wildman–Crippen LogP) is 2.43. The first-order chi connectivity index (χ1) is 12.1. The van der Waals surface area contributed by atoms with E-state index in [1.165, 1.54) is 22.2 Å². The molecule has 4 rings (SSSR count). The van der Waals surface area contributed by atoms with Crippen molar-refractivity contribution in [2.45, 2.75) is 25.4 Å². The summed E-state index contributed by atoms with van der Waals surface area (Å²) in [6, 6.07) is 12.6. The fourth-order valence-corrected chi connectivity index (χ4v) is 3.67. The number of nitrogens with zero attached hydrogens (tertiary/aromatic N) is 4. The van der Waals surface area contributed by atoms with Gasteiger partial charge in [0.2, 0.25) is 0 Å². The maximum Gasteiger partial charge on any atom is 0.272 e. The summed E-state index contributed by atoms with van der Waals surface area (Å²) in [4.78, 5) is 21.3. The van der Waals surface area contributed by atoms with Gasteiger partial charge in [-0.3, -0.25) is 14.8 Å². The molecule has 2 aromatic heterocycles. The first-order valence-corrected chi connectivity index (χ1v) is 8.69. The highest BCUT2D eigenvalue weighted by Crippen LogP contribution is 2.34. The Morgan fingerprint density at radius 2 is 2.16 bits per heavy atom. The minimum Gasteiger partial charge on any atom is -0.378 e. The first kappa shape index (κ1) is 15.9. The van der Waals surface area contributed by atoms with Crippen molar-refractivity contribution >= 4 is 11.3 Å². The van der Waals surface area contributed by atoms with Crippen molar-refractivity contribution < 1.29 is 0 Å². The van der Waals surface area contributed by atoms with Crippen LogP contribution in [-0.4, -0.2) is 40.1 Å². The third kappa shape index (κ3) is 3.05. The zero-order valence-electron chi connectivity index (χ0n) is 14.6. The first-order valence-electron chi connectivity index (χ1n) is 8.69. The predicted molar refractivity (Wildman–Crippen MR) is 99.0 cm³/mol. The molecule has 1 atom stereocenters. The number of rotatable bonds is 4. The molecular weight excluding hydrogens is 314 g/mol. The molecule has 0 amide bonds. The Kier molecular flexibility index (Phi) is 4.05. The maximum absolute atomic E-state index is 12.2. The van der Waals surface area contributed by atoms with E-state index in [1.54, 1.807) is 12.3 Å². The molecule has 1 aromatic carbocycles. The number of hydrogen-bond donors (Lipinski definition) is 1. The van der Waals surface area contributed by atoms with Crippen LogP contribution in [0.25, 0.3) is 5.65 Å². The number of hydrogen-bond acceptors (Lipinski definition) is 4. The van der Waals surface area contributed by atoms with Crippen molar-refractivity contribution in [2.75, 3.05) is 25.5 Å². The van der Waals surface area contributed by atoms with Gasteiger partial charge in [0.1, 0.15) is 0 Å². The Balaban J connectivity index is 1.61. The zero-order chi connectivity index (χ0) is 17.4. The molecule has 3 aromatic rings.